The van der Waals surface area contributed by atoms with Crippen molar-refractivity contribution in [3.05, 3.63) is 0 Å². The largest absolute Gasteiger partial charge is 0.326 e. The topological polar surface area (TPSA) is 40.1 Å². The van der Waals surface area contributed by atoms with E-state index in [-0.39, 0.29) is 0 Å². The monoisotopic (exact) mass is 159 g/mol. The molecule has 2 atom stereocenters. The molecular formula is C7H15N2S. The Labute approximate surface area is 66.9 Å². The smallest absolute Gasteiger partial charge is 0.0289 e. The standard InChI is InChI=1S/C7H15N2S/c1-2-10-5-6-3-9-4-7(6)8/h6-7H,2-5,8H2,1H3. The van der Waals surface area contributed by atoms with Gasteiger partial charge in [-0.3, -0.25) is 0 Å². The van der Waals surface area contributed by atoms with Gasteiger partial charge in [0.1, 0.15) is 0 Å². The fraction of sp³-hybridized carbons (Fsp3) is 1.00. The van der Waals surface area contributed by atoms with Gasteiger partial charge in [0.15, 0.2) is 0 Å². The minimum Gasteiger partial charge on any atom is -0.326 e. The number of thioether (sulfide) groups is 1. The predicted molar refractivity (Wildman–Crippen MR) is 46.3 cm³/mol. The number of rotatable bonds is 3. The first kappa shape index (κ1) is 8.37. The van der Waals surface area contributed by atoms with Crippen molar-refractivity contribution in [3.63, 3.8) is 0 Å². The molecule has 2 unspecified atom stereocenters. The highest BCUT2D eigenvalue weighted by Gasteiger charge is 2.23. The molecule has 0 aliphatic carbocycles. The Morgan fingerprint density at radius 3 is 2.90 bits per heavy atom. The fourth-order valence-corrected chi connectivity index (χ4v) is 2.01. The van der Waals surface area contributed by atoms with E-state index in [4.69, 9.17) is 5.73 Å². The van der Waals surface area contributed by atoms with Crippen molar-refractivity contribution < 1.29 is 0 Å². The number of nitrogens with zero attached hydrogens (tertiary/aromatic N) is 1. The maximum absolute atomic E-state index is 5.81. The van der Waals surface area contributed by atoms with E-state index < -0.39 is 0 Å². The maximum atomic E-state index is 5.81. The van der Waals surface area contributed by atoms with Crippen LogP contribution in [-0.4, -0.2) is 30.6 Å². The zero-order chi connectivity index (χ0) is 7.40. The van der Waals surface area contributed by atoms with Gasteiger partial charge in [0.2, 0.25) is 0 Å². The first-order valence-electron chi connectivity index (χ1n) is 3.81. The number of hydrogen-bond acceptors (Lipinski definition) is 2. The summed E-state index contributed by atoms with van der Waals surface area (Å²) in [4.78, 5) is 0. The average Bonchev–Trinajstić information content (AvgIpc) is 2.31. The lowest BCUT2D eigenvalue weighted by molar-refractivity contribution is 0.574. The van der Waals surface area contributed by atoms with Crippen molar-refractivity contribution in [2.75, 3.05) is 24.6 Å². The summed E-state index contributed by atoms with van der Waals surface area (Å²) in [5, 5.41) is 4.26. The van der Waals surface area contributed by atoms with Crippen LogP contribution in [0.15, 0.2) is 0 Å². The molecule has 0 spiro atoms. The van der Waals surface area contributed by atoms with Crippen molar-refractivity contribution in [1.29, 1.82) is 0 Å². The van der Waals surface area contributed by atoms with Gasteiger partial charge in [0, 0.05) is 19.1 Å². The molecular weight excluding hydrogens is 144 g/mol. The maximum Gasteiger partial charge on any atom is 0.0289 e. The van der Waals surface area contributed by atoms with E-state index in [1.54, 1.807) is 0 Å². The molecule has 0 saturated carbocycles. The Kier molecular flexibility index (Phi) is 3.52. The zero-order valence-electron chi connectivity index (χ0n) is 6.42. The minimum absolute atomic E-state index is 0.346. The summed E-state index contributed by atoms with van der Waals surface area (Å²) in [5.41, 5.74) is 5.81. The lowest BCUT2D eigenvalue weighted by Crippen LogP contribution is -2.30. The highest BCUT2D eigenvalue weighted by Crippen LogP contribution is 2.14. The lowest BCUT2D eigenvalue weighted by atomic mass is 10.1. The van der Waals surface area contributed by atoms with Crippen molar-refractivity contribution in [1.82, 2.24) is 5.32 Å². The SMILES string of the molecule is CCSCC1C[N]CC1N. The summed E-state index contributed by atoms with van der Waals surface area (Å²) < 4.78 is 0. The van der Waals surface area contributed by atoms with Crippen molar-refractivity contribution in [2.45, 2.75) is 13.0 Å². The third kappa shape index (κ3) is 2.15. The van der Waals surface area contributed by atoms with Gasteiger partial charge in [0.25, 0.3) is 0 Å². The van der Waals surface area contributed by atoms with Gasteiger partial charge in [-0.05, 0) is 17.4 Å². The molecule has 0 aromatic heterocycles. The van der Waals surface area contributed by atoms with Crippen molar-refractivity contribution in [2.24, 2.45) is 11.7 Å². The van der Waals surface area contributed by atoms with Crippen LogP contribution in [0.1, 0.15) is 6.92 Å². The molecule has 0 aromatic carbocycles. The molecule has 1 fully saturated rings. The predicted octanol–water partition coefficient (Wildman–Crippen LogP) is 0.301. The molecule has 1 saturated heterocycles. The highest BCUT2D eigenvalue weighted by molar-refractivity contribution is 7.99. The van der Waals surface area contributed by atoms with E-state index in [0.717, 1.165) is 13.1 Å². The van der Waals surface area contributed by atoms with Gasteiger partial charge in [0.05, 0.1) is 0 Å². The van der Waals surface area contributed by atoms with Crippen LogP contribution in [0.4, 0.5) is 0 Å². The van der Waals surface area contributed by atoms with Gasteiger partial charge in [-0.25, -0.2) is 5.32 Å². The summed E-state index contributed by atoms with van der Waals surface area (Å²) >= 11 is 1.97. The van der Waals surface area contributed by atoms with Crippen LogP contribution in [0.3, 0.4) is 0 Å². The molecule has 0 aromatic rings. The Morgan fingerprint density at radius 2 is 2.40 bits per heavy atom. The molecule has 10 heavy (non-hydrogen) atoms. The Hall–Kier alpha value is 0.270. The first-order chi connectivity index (χ1) is 4.84. The van der Waals surface area contributed by atoms with E-state index in [1.165, 1.54) is 11.5 Å². The van der Waals surface area contributed by atoms with E-state index in [2.05, 4.69) is 12.2 Å². The van der Waals surface area contributed by atoms with Gasteiger partial charge in [-0.2, -0.15) is 11.8 Å². The summed E-state index contributed by atoms with van der Waals surface area (Å²) in [5.74, 6) is 3.05. The van der Waals surface area contributed by atoms with Gasteiger partial charge in [-0.15, -0.1) is 0 Å². The van der Waals surface area contributed by atoms with Crippen LogP contribution in [0.2, 0.25) is 0 Å². The highest BCUT2D eigenvalue weighted by atomic mass is 32.2. The van der Waals surface area contributed by atoms with Crippen LogP contribution in [-0.2, 0) is 0 Å². The Balaban J connectivity index is 2.14. The van der Waals surface area contributed by atoms with Crippen molar-refractivity contribution >= 4 is 11.8 Å². The molecule has 0 bridgehead atoms. The zero-order valence-corrected chi connectivity index (χ0v) is 7.23. The Bertz CT molecular complexity index is 97.6. The lowest BCUT2D eigenvalue weighted by Gasteiger charge is -2.11. The molecule has 1 radical (unpaired) electrons. The summed E-state index contributed by atoms with van der Waals surface area (Å²) in [6, 6.07) is 0.346. The summed E-state index contributed by atoms with van der Waals surface area (Å²) in [7, 11) is 0. The Morgan fingerprint density at radius 1 is 1.60 bits per heavy atom. The molecule has 1 rings (SSSR count). The molecule has 2 nitrogen and oxygen atoms in total. The number of nitrogens with two attached hydrogens (primary N) is 1. The average molecular weight is 159 g/mol. The van der Waals surface area contributed by atoms with Crippen LogP contribution in [0.5, 0.6) is 0 Å². The van der Waals surface area contributed by atoms with Crippen molar-refractivity contribution in [3.8, 4) is 0 Å². The quantitative estimate of drug-likeness (QED) is 0.643. The van der Waals surface area contributed by atoms with E-state index in [9.17, 15) is 0 Å². The van der Waals surface area contributed by atoms with E-state index in [0.29, 0.717) is 12.0 Å². The van der Waals surface area contributed by atoms with Crippen LogP contribution in [0.25, 0.3) is 0 Å². The minimum atomic E-state index is 0.346. The van der Waals surface area contributed by atoms with Gasteiger partial charge >= 0.3 is 0 Å². The van der Waals surface area contributed by atoms with E-state index in [1.807, 2.05) is 11.8 Å². The summed E-state index contributed by atoms with van der Waals surface area (Å²) in [6.45, 7) is 4.06. The fourth-order valence-electron chi connectivity index (χ4n) is 1.12. The van der Waals surface area contributed by atoms with Crippen LogP contribution < -0.4 is 11.1 Å². The second-order valence-corrected chi connectivity index (χ2v) is 3.99. The first-order valence-corrected chi connectivity index (χ1v) is 4.96. The molecule has 1 aliphatic rings. The second kappa shape index (κ2) is 4.21. The third-order valence-corrected chi connectivity index (χ3v) is 2.92. The van der Waals surface area contributed by atoms with Crippen LogP contribution in [0, 0.1) is 5.92 Å². The molecule has 0 amide bonds. The normalized spacial score (nSPS) is 33.0. The molecule has 59 valence electrons. The number of hydrogen-bond donors (Lipinski definition) is 1. The molecule has 3 heteroatoms. The van der Waals surface area contributed by atoms with Gasteiger partial charge in [-0.1, -0.05) is 6.92 Å². The third-order valence-electron chi connectivity index (χ3n) is 1.85. The second-order valence-electron chi connectivity index (χ2n) is 2.67. The van der Waals surface area contributed by atoms with E-state index >= 15 is 0 Å². The molecule has 2 N–H and O–H groups in total. The van der Waals surface area contributed by atoms with Gasteiger partial charge < -0.3 is 5.73 Å². The summed E-state index contributed by atoms with van der Waals surface area (Å²) in [6.07, 6.45) is 0. The van der Waals surface area contributed by atoms with Crippen LogP contribution >= 0.6 is 11.8 Å². The molecule has 1 aliphatic heterocycles. The molecule has 1 heterocycles.